The van der Waals surface area contributed by atoms with Gasteiger partial charge in [0.25, 0.3) is 5.91 Å². The number of hydrogen-bond acceptors (Lipinski definition) is 6. The van der Waals surface area contributed by atoms with E-state index < -0.39 is 0 Å². The average molecular weight is 342 g/mol. The zero-order chi connectivity index (χ0) is 16.2. The van der Waals surface area contributed by atoms with Crippen LogP contribution >= 0.6 is 23.1 Å². The first-order chi connectivity index (χ1) is 11.1. The lowest BCUT2D eigenvalue weighted by Crippen LogP contribution is -2.14. The predicted molar refractivity (Wildman–Crippen MR) is 92.1 cm³/mol. The SMILES string of the molecule is Cc1csc(Sc2ccc(NC(=O)c3ccnc(C)n3)cc2)n1. The lowest BCUT2D eigenvalue weighted by molar-refractivity contribution is 0.102. The molecule has 0 radical (unpaired) electrons. The summed E-state index contributed by atoms with van der Waals surface area (Å²) in [4.78, 5) is 25.7. The van der Waals surface area contributed by atoms with Gasteiger partial charge >= 0.3 is 0 Å². The van der Waals surface area contributed by atoms with E-state index in [0.717, 1.165) is 20.6 Å². The van der Waals surface area contributed by atoms with Crippen LogP contribution in [0.25, 0.3) is 0 Å². The van der Waals surface area contributed by atoms with Crippen molar-refractivity contribution in [1.82, 2.24) is 15.0 Å². The van der Waals surface area contributed by atoms with Gasteiger partial charge in [0.05, 0.1) is 0 Å². The summed E-state index contributed by atoms with van der Waals surface area (Å²) in [6.45, 7) is 3.73. The quantitative estimate of drug-likeness (QED) is 0.777. The molecule has 1 amide bonds. The number of amides is 1. The minimum Gasteiger partial charge on any atom is -0.321 e. The van der Waals surface area contributed by atoms with E-state index in [0.29, 0.717) is 11.5 Å². The molecule has 1 N–H and O–H groups in total. The molecule has 3 rings (SSSR count). The Hall–Kier alpha value is -2.25. The van der Waals surface area contributed by atoms with Crippen LogP contribution in [0.4, 0.5) is 5.69 Å². The van der Waals surface area contributed by atoms with Gasteiger partial charge in [-0.05, 0) is 44.2 Å². The van der Waals surface area contributed by atoms with Gasteiger partial charge in [-0.3, -0.25) is 4.79 Å². The highest BCUT2D eigenvalue weighted by molar-refractivity contribution is 8.01. The fraction of sp³-hybridized carbons (Fsp3) is 0.125. The van der Waals surface area contributed by atoms with E-state index in [9.17, 15) is 4.79 Å². The molecule has 5 nitrogen and oxygen atoms in total. The number of rotatable bonds is 4. The van der Waals surface area contributed by atoms with E-state index in [1.54, 1.807) is 42.3 Å². The number of nitrogens with zero attached hydrogens (tertiary/aromatic N) is 3. The molecule has 0 fully saturated rings. The number of benzene rings is 1. The fourth-order valence-corrected chi connectivity index (χ4v) is 3.67. The first kappa shape index (κ1) is 15.6. The lowest BCUT2D eigenvalue weighted by Gasteiger charge is -2.06. The largest absolute Gasteiger partial charge is 0.321 e. The zero-order valence-corrected chi connectivity index (χ0v) is 14.2. The van der Waals surface area contributed by atoms with E-state index in [2.05, 4.69) is 20.3 Å². The summed E-state index contributed by atoms with van der Waals surface area (Å²) < 4.78 is 1.01. The van der Waals surface area contributed by atoms with Gasteiger partial charge < -0.3 is 5.32 Å². The molecule has 7 heteroatoms. The number of nitrogens with one attached hydrogen (secondary N) is 1. The summed E-state index contributed by atoms with van der Waals surface area (Å²) in [7, 11) is 0. The van der Waals surface area contributed by atoms with E-state index in [1.165, 1.54) is 0 Å². The molecule has 0 aliphatic rings. The maximum atomic E-state index is 12.1. The number of carbonyl (C=O) groups is 1. The third kappa shape index (κ3) is 4.14. The van der Waals surface area contributed by atoms with Crippen molar-refractivity contribution in [3.8, 4) is 0 Å². The van der Waals surface area contributed by atoms with Crippen molar-refractivity contribution >= 4 is 34.7 Å². The van der Waals surface area contributed by atoms with Crippen molar-refractivity contribution < 1.29 is 4.79 Å². The van der Waals surface area contributed by atoms with Gasteiger partial charge in [-0.25, -0.2) is 15.0 Å². The zero-order valence-electron chi connectivity index (χ0n) is 12.6. The van der Waals surface area contributed by atoms with Crippen LogP contribution in [0.15, 0.2) is 51.1 Å². The highest BCUT2D eigenvalue weighted by Crippen LogP contribution is 2.30. The highest BCUT2D eigenvalue weighted by Gasteiger charge is 2.08. The third-order valence-electron chi connectivity index (χ3n) is 2.92. The standard InChI is InChI=1S/C16H14N4OS2/c1-10-9-22-16(18-10)23-13-5-3-12(4-6-13)20-15(21)14-7-8-17-11(2)19-14/h3-9H,1-2H3,(H,20,21). The van der Waals surface area contributed by atoms with Crippen molar-refractivity contribution in [2.24, 2.45) is 0 Å². The van der Waals surface area contributed by atoms with Gasteiger partial charge in [0.15, 0.2) is 4.34 Å². The van der Waals surface area contributed by atoms with Crippen LogP contribution in [0.2, 0.25) is 0 Å². The Labute approximate surface area is 142 Å². The van der Waals surface area contributed by atoms with Gasteiger partial charge in [-0.1, -0.05) is 11.8 Å². The molecule has 0 saturated carbocycles. The summed E-state index contributed by atoms with van der Waals surface area (Å²) in [5, 5.41) is 4.86. The molecule has 0 spiro atoms. The van der Waals surface area contributed by atoms with E-state index in [4.69, 9.17) is 0 Å². The summed E-state index contributed by atoms with van der Waals surface area (Å²) in [6.07, 6.45) is 1.58. The summed E-state index contributed by atoms with van der Waals surface area (Å²) in [5.74, 6) is 0.328. The van der Waals surface area contributed by atoms with Crippen LogP contribution in [0, 0.1) is 13.8 Å². The van der Waals surface area contributed by atoms with Crippen LogP contribution in [0.1, 0.15) is 22.0 Å². The Balaban J connectivity index is 1.66. The number of thiazole rings is 1. The van der Waals surface area contributed by atoms with Crippen LogP contribution in [-0.4, -0.2) is 20.9 Å². The second-order valence-electron chi connectivity index (χ2n) is 4.82. The highest BCUT2D eigenvalue weighted by atomic mass is 32.2. The molecule has 23 heavy (non-hydrogen) atoms. The van der Waals surface area contributed by atoms with Gasteiger partial charge in [-0.15, -0.1) is 11.3 Å². The Morgan fingerprint density at radius 3 is 2.57 bits per heavy atom. The second kappa shape index (κ2) is 6.89. The average Bonchev–Trinajstić information content (AvgIpc) is 2.94. The minimum atomic E-state index is -0.244. The van der Waals surface area contributed by atoms with E-state index in [1.807, 2.05) is 36.6 Å². The van der Waals surface area contributed by atoms with Crippen LogP contribution in [-0.2, 0) is 0 Å². The fourth-order valence-electron chi connectivity index (χ4n) is 1.86. The molecule has 0 aliphatic carbocycles. The lowest BCUT2D eigenvalue weighted by atomic mass is 10.3. The van der Waals surface area contributed by atoms with Crippen molar-refractivity contribution in [2.45, 2.75) is 23.1 Å². The Bertz CT molecular complexity index is 830. The number of carbonyl (C=O) groups excluding carboxylic acids is 1. The Kier molecular flexibility index (Phi) is 4.68. The van der Waals surface area contributed by atoms with Crippen molar-refractivity contribution in [2.75, 3.05) is 5.32 Å². The molecule has 0 atom stereocenters. The maximum Gasteiger partial charge on any atom is 0.274 e. The van der Waals surface area contributed by atoms with E-state index in [-0.39, 0.29) is 5.91 Å². The van der Waals surface area contributed by atoms with Crippen molar-refractivity contribution in [3.05, 3.63) is 59.1 Å². The molecule has 0 bridgehead atoms. The minimum absolute atomic E-state index is 0.244. The second-order valence-corrected chi connectivity index (χ2v) is 7.00. The first-order valence-electron chi connectivity index (χ1n) is 6.91. The molecule has 1 aromatic carbocycles. The van der Waals surface area contributed by atoms with Gasteiger partial charge in [0.2, 0.25) is 0 Å². The van der Waals surface area contributed by atoms with Gasteiger partial charge in [0.1, 0.15) is 11.5 Å². The monoisotopic (exact) mass is 342 g/mol. The Morgan fingerprint density at radius 1 is 1.13 bits per heavy atom. The molecule has 116 valence electrons. The van der Waals surface area contributed by atoms with Crippen LogP contribution < -0.4 is 5.32 Å². The van der Waals surface area contributed by atoms with Crippen molar-refractivity contribution in [3.63, 3.8) is 0 Å². The normalized spacial score (nSPS) is 10.5. The summed E-state index contributed by atoms with van der Waals surface area (Å²) >= 11 is 3.23. The molecule has 0 aliphatic heterocycles. The topological polar surface area (TPSA) is 67.8 Å². The Morgan fingerprint density at radius 2 is 1.91 bits per heavy atom. The molecular formula is C16H14N4OS2. The molecule has 2 heterocycles. The third-order valence-corrected chi connectivity index (χ3v) is 4.99. The summed E-state index contributed by atoms with van der Waals surface area (Å²) in [6, 6.07) is 9.26. The molecule has 2 aromatic heterocycles. The number of hydrogen-bond donors (Lipinski definition) is 1. The van der Waals surface area contributed by atoms with Gasteiger partial charge in [0, 0.05) is 27.9 Å². The molecule has 3 aromatic rings. The number of aromatic nitrogens is 3. The van der Waals surface area contributed by atoms with Gasteiger partial charge in [-0.2, -0.15) is 0 Å². The maximum absolute atomic E-state index is 12.1. The smallest absolute Gasteiger partial charge is 0.274 e. The van der Waals surface area contributed by atoms with Crippen LogP contribution in [0.5, 0.6) is 0 Å². The molecular weight excluding hydrogens is 328 g/mol. The molecule has 0 unspecified atom stereocenters. The first-order valence-corrected chi connectivity index (χ1v) is 8.61. The van der Waals surface area contributed by atoms with Crippen LogP contribution in [0.3, 0.4) is 0 Å². The van der Waals surface area contributed by atoms with Crippen molar-refractivity contribution in [1.29, 1.82) is 0 Å². The summed E-state index contributed by atoms with van der Waals surface area (Å²) in [5.41, 5.74) is 2.11. The number of aryl methyl sites for hydroxylation is 2. The molecule has 0 saturated heterocycles. The van der Waals surface area contributed by atoms with E-state index >= 15 is 0 Å². The predicted octanol–water partition coefficient (Wildman–Crippen LogP) is 3.95. The number of anilines is 1.